The summed E-state index contributed by atoms with van der Waals surface area (Å²) in [6.45, 7) is 1.88. The van der Waals surface area contributed by atoms with Gasteiger partial charge in [0.05, 0.1) is 18.8 Å². The Morgan fingerprint density at radius 2 is 2.00 bits per heavy atom. The van der Waals surface area contributed by atoms with Crippen molar-refractivity contribution < 1.29 is 18.7 Å². The summed E-state index contributed by atoms with van der Waals surface area (Å²) in [6.07, 6.45) is 2.43. The fourth-order valence-electron chi connectivity index (χ4n) is 3.57. The molecule has 2 heterocycles. The third-order valence-corrected chi connectivity index (χ3v) is 4.91. The van der Waals surface area contributed by atoms with Gasteiger partial charge in [-0.1, -0.05) is 12.1 Å². The van der Waals surface area contributed by atoms with Gasteiger partial charge in [0.2, 0.25) is 0 Å². The van der Waals surface area contributed by atoms with Gasteiger partial charge in [-0.05, 0) is 24.6 Å². The molecule has 2 aliphatic heterocycles. The van der Waals surface area contributed by atoms with Gasteiger partial charge < -0.3 is 14.4 Å². The van der Waals surface area contributed by atoms with Crippen LogP contribution in [0.15, 0.2) is 30.3 Å². The maximum atomic E-state index is 13.8. The Bertz CT molecular complexity index is 802. The molecule has 0 atom stereocenters. The molecule has 0 bridgehead atoms. The molecule has 0 spiro atoms. The highest BCUT2D eigenvalue weighted by atomic mass is 19.1. The minimum Gasteiger partial charge on any atom is -0.493 e. The van der Waals surface area contributed by atoms with E-state index >= 15 is 0 Å². The van der Waals surface area contributed by atoms with Crippen molar-refractivity contribution in [3.8, 4) is 11.5 Å². The number of halogens is 1. The lowest BCUT2D eigenvalue weighted by Crippen LogP contribution is -2.29. The lowest BCUT2D eigenvalue weighted by atomic mass is 9.97. The van der Waals surface area contributed by atoms with Crippen LogP contribution in [0.3, 0.4) is 0 Å². The number of hydrogen-bond donors (Lipinski definition) is 0. The second-order valence-electron chi connectivity index (χ2n) is 6.47. The second kappa shape index (κ2) is 6.39. The molecule has 0 unspecified atom stereocenters. The highest BCUT2D eigenvalue weighted by molar-refractivity contribution is 5.94. The number of benzene rings is 2. The van der Waals surface area contributed by atoms with E-state index in [-0.39, 0.29) is 11.5 Å². The molecule has 5 heteroatoms. The molecule has 2 aromatic carbocycles. The van der Waals surface area contributed by atoms with Gasteiger partial charge in [0.1, 0.15) is 17.3 Å². The summed E-state index contributed by atoms with van der Waals surface area (Å²) < 4.78 is 25.4. The number of rotatable bonds is 4. The van der Waals surface area contributed by atoms with Crippen LogP contribution in [-0.4, -0.2) is 37.6 Å². The third kappa shape index (κ3) is 2.84. The molecule has 130 valence electrons. The van der Waals surface area contributed by atoms with E-state index in [0.717, 1.165) is 29.9 Å². The molecule has 25 heavy (non-hydrogen) atoms. The van der Waals surface area contributed by atoms with E-state index < -0.39 is 5.82 Å². The molecular formula is C20H20FNO3. The summed E-state index contributed by atoms with van der Waals surface area (Å²) in [6, 6.07) is 8.17. The highest BCUT2D eigenvalue weighted by Gasteiger charge is 2.27. The second-order valence-corrected chi connectivity index (χ2v) is 6.47. The van der Waals surface area contributed by atoms with E-state index in [4.69, 9.17) is 9.47 Å². The van der Waals surface area contributed by atoms with Crippen molar-refractivity contribution in [3.63, 3.8) is 0 Å². The number of likely N-dealkylation sites (N-methyl/N-ethyl adjacent to an activating group) is 1. The Morgan fingerprint density at radius 1 is 1.20 bits per heavy atom. The van der Waals surface area contributed by atoms with Gasteiger partial charge >= 0.3 is 0 Å². The topological polar surface area (TPSA) is 38.8 Å². The fraction of sp³-hybridized carbons (Fsp3) is 0.350. The molecule has 4 rings (SSSR count). The quantitative estimate of drug-likeness (QED) is 0.858. The van der Waals surface area contributed by atoms with E-state index in [2.05, 4.69) is 6.07 Å². The van der Waals surface area contributed by atoms with Crippen molar-refractivity contribution in [2.75, 3.05) is 26.8 Å². The predicted octanol–water partition coefficient (Wildman–Crippen LogP) is 3.01. The van der Waals surface area contributed by atoms with Gasteiger partial charge in [-0.25, -0.2) is 4.39 Å². The molecule has 1 amide bonds. The maximum Gasteiger partial charge on any atom is 0.256 e. The van der Waals surface area contributed by atoms with Gasteiger partial charge in [0, 0.05) is 43.1 Å². The minimum atomic E-state index is -0.488. The average molecular weight is 341 g/mol. The van der Waals surface area contributed by atoms with Gasteiger partial charge in [-0.3, -0.25) is 4.79 Å². The number of fused-ring (bicyclic) bond motifs is 2. The van der Waals surface area contributed by atoms with E-state index in [0.29, 0.717) is 26.2 Å². The van der Waals surface area contributed by atoms with Crippen molar-refractivity contribution in [2.24, 2.45) is 0 Å². The predicted molar refractivity (Wildman–Crippen MR) is 91.9 cm³/mol. The fourth-order valence-corrected chi connectivity index (χ4v) is 3.57. The Hall–Kier alpha value is -2.56. The molecular weight excluding hydrogens is 321 g/mol. The normalized spacial score (nSPS) is 14.5. The Kier molecular flexibility index (Phi) is 4.07. The summed E-state index contributed by atoms with van der Waals surface area (Å²) in [7, 11) is 1.70. The van der Waals surface area contributed by atoms with Gasteiger partial charge in [-0.15, -0.1) is 0 Å². The van der Waals surface area contributed by atoms with Crippen LogP contribution in [0.5, 0.6) is 11.5 Å². The van der Waals surface area contributed by atoms with Crippen LogP contribution < -0.4 is 9.47 Å². The number of carbonyl (C=O) groups excluding carboxylic acids is 1. The number of amides is 1. The van der Waals surface area contributed by atoms with Gasteiger partial charge in [0.15, 0.2) is 0 Å². The SMILES string of the molecule is CN(CCc1c2c(cc3c1OCC3)OCC2)C(=O)c1ccccc1F. The van der Waals surface area contributed by atoms with Gasteiger partial charge in [-0.2, -0.15) is 0 Å². The number of hydrogen-bond acceptors (Lipinski definition) is 3. The van der Waals surface area contributed by atoms with Crippen LogP contribution in [0.4, 0.5) is 4.39 Å². The first-order valence-corrected chi connectivity index (χ1v) is 8.58. The van der Waals surface area contributed by atoms with Crippen molar-refractivity contribution in [1.29, 1.82) is 0 Å². The lowest BCUT2D eigenvalue weighted by molar-refractivity contribution is 0.0791. The highest BCUT2D eigenvalue weighted by Crippen LogP contribution is 2.40. The van der Waals surface area contributed by atoms with Crippen molar-refractivity contribution in [2.45, 2.75) is 19.3 Å². The number of ether oxygens (including phenoxy) is 2. The molecule has 0 N–H and O–H groups in total. The lowest BCUT2D eigenvalue weighted by Gasteiger charge is -2.19. The van der Waals surface area contributed by atoms with Crippen molar-refractivity contribution >= 4 is 5.91 Å². The zero-order valence-electron chi connectivity index (χ0n) is 14.2. The van der Waals surface area contributed by atoms with Crippen molar-refractivity contribution in [1.82, 2.24) is 4.90 Å². The average Bonchev–Trinajstić information content (AvgIpc) is 3.27. The smallest absolute Gasteiger partial charge is 0.256 e. The summed E-state index contributed by atoms with van der Waals surface area (Å²) in [5.41, 5.74) is 3.61. The van der Waals surface area contributed by atoms with E-state index in [1.165, 1.54) is 23.3 Å². The Morgan fingerprint density at radius 3 is 2.84 bits per heavy atom. The largest absolute Gasteiger partial charge is 0.493 e. The molecule has 0 aromatic heterocycles. The molecule has 2 aromatic rings. The molecule has 0 aliphatic carbocycles. The Labute approximate surface area is 146 Å². The number of carbonyl (C=O) groups is 1. The monoisotopic (exact) mass is 341 g/mol. The van der Waals surface area contributed by atoms with Crippen LogP contribution in [-0.2, 0) is 19.3 Å². The minimum absolute atomic E-state index is 0.105. The maximum absolute atomic E-state index is 13.8. The van der Waals surface area contributed by atoms with Crippen LogP contribution in [0.25, 0.3) is 0 Å². The molecule has 2 aliphatic rings. The molecule has 0 saturated carbocycles. The van der Waals surface area contributed by atoms with E-state index in [1.54, 1.807) is 24.1 Å². The first-order chi connectivity index (χ1) is 12.1. The molecule has 0 saturated heterocycles. The zero-order chi connectivity index (χ0) is 17.4. The summed E-state index contributed by atoms with van der Waals surface area (Å²) in [5.74, 6) is 1.11. The molecule has 4 nitrogen and oxygen atoms in total. The number of nitrogens with zero attached hydrogens (tertiary/aromatic N) is 1. The first-order valence-electron chi connectivity index (χ1n) is 8.58. The molecule has 0 fully saturated rings. The molecule has 0 radical (unpaired) electrons. The third-order valence-electron chi connectivity index (χ3n) is 4.91. The van der Waals surface area contributed by atoms with Crippen molar-refractivity contribution in [3.05, 3.63) is 58.4 Å². The first kappa shape index (κ1) is 15.9. The van der Waals surface area contributed by atoms with E-state index in [9.17, 15) is 9.18 Å². The standard InChI is InChI=1S/C20H20FNO3/c1-22(20(23)16-4-2-3-5-17(16)21)9-6-15-14-8-11-24-18(14)12-13-7-10-25-19(13)15/h2-5,12H,6-11H2,1H3. The van der Waals surface area contributed by atoms with E-state index in [1.807, 2.05) is 0 Å². The summed E-state index contributed by atoms with van der Waals surface area (Å²) in [5, 5.41) is 0. The summed E-state index contributed by atoms with van der Waals surface area (Å²) >= 11 is 0. The van der Waals surface area contributed by atoms with Crippen LogP contribution >= 0.6 is 0 Å². The van der Waals surface area contributed by atoms with Crippen LogP contribution in [0.2, 0.25) is 0 Å². The zero-order valence-corrected chi connectivity index (χ0v) is 14.2. The Balaban J connectivity index is 1.54. The summed E-state index contributed by atoms with van der Waals surface area (Å²) in [4.78, 5) is 14.0. The van der Waals surface area contributed by atoms with Crippen LogP contribution in [0, 0.1) is 5.82 Å². The van der Waals surface area contributed by atoms with Gasteiger partial charge in [0.25, 0.3) is 5.91 Å². The van der Waals surface area contributed by atoms with Crippen LogP contribution in [0.1, 0.15) is 27.0 Å².